The van der Waals surface area contributed by atoms with Gasteiger partial charge in [-0.15, -0.1) is 0 Å². The number of aromatic amines is 1. The van der Waals surface area contributed by atoms with Crippen molar-refractivity contribution < 1.29 is 18.4 Å². The highest BCUT2D eigenvalue weighted by molar-refractivity contribution is 6.09. The number of rotatable bonds is 3. The van der Waals surface area contributed by atoms with Crippen molar-refractivity contribution in [2.24, 2.45) is 0 Å². The number of halogens is 2. The van der Waals surface area contributed by atoms with E-state index in [0.717, 1.165) is 12.1 Å². The predicted molar refractivity (Wildman–Crippen MR) is 56.0 cm³/mol. The predicted octanol–water partition coefficient (Wildman–Crippen LogP) is 2.34. The van der Waals surface area contributed by atoms with Crippen LogP contribution >= 0.6 is 0 Å². The summed E-state index contributed by atoms with van der Waals surface area (Å²) in [7, 11) is 0. The number of ketones is 1. The molecule has 2 rings (SSSR count). The SMILES string of the molecule is O=Cc1cc(C(=O)c2c(F)cccc2F)c[nH]1. The van der Waals surface area contributed by atoms with Crippen LogP contribution in [0, 0.1) is 11.6 Å². The third kappa shape index (κ3) is 1.99. The van der Waals surface area contributed by atoms with Crippen molar-refractivity contribution in [2.75, 3.05) is 0 Å². The Balaban J connectivity index is 2.47. The Kier molecular flexibility index (Phi) is 2.82. The molecule has 0 aliphatic carbocycles. The van der Waals surface area contributed by atoms with Crippen LogP contribution in [0.15, 0.2) is 30.5 Å². The van der Waals surface area contributed by atoms with Crippen molar-refractivity contribution in [2.45, 2.75) is 0 Å². The third-order valence-electron chi connectivity index (χ3n) is 2.28. The number of hydrogen-bond acceptors (Lipinski definition) is 2. The molecule has 0 radical (unpaired) electrons. The van der Waals surface area contributed by atoms with E-state index in [1.165, 1.54) is 18.3 Å². The van der Waals surface area contributed by atoms with E-state index in [1.807, 2.05) is 0 Å². The van der Waals surface area contributed by atoms with E-state index in [9.17, 15) is 18.4 Å². The molecule has 3 nitrogen and oxygen atoms in total. The first-order valence-corrected chi connectivity index (χ1v) is 4.76. The molecular formula is C12H7F2NO2. The van der Waals surface area contributed by atoms with Gasteiger partial charge in [0.25, 0.3) is 0 Å². The second kappa shape index (κ2) is 4.29. The zero-order valence-corrected chi connectivity index (χ0v) is 8.54. The number of benzene rings is 1. The van der Waals surface area contributed by atoms with Crippen LogP contribution in [0.1, 0.15) is 26.4 Å². The Morgan fingerprint density at radius 3 is 2.41 bits per heavy atom. The Hall–Kier alpha value is -2.30. The topological polar surface area (TPSA) is 49.9 Å². The fourth-order valence-corrected chi connectivity index (χ4v) is 1.47. The molecule has 0 fully saturated rings. The molecule has 0 aliphatic heterocycles. The quantitative estimate of drug-likeness (QED) is 0.655. The first-order chi connectivity index (χ1) is 8.13. The van der Waals surface area contributed by atoms with Gasteiger partial charge in [-0.2, -0.15) is 0 Å². The molecule has 2 aromatic rings. The van der Waals surface area contributed by atoms with Crippen molar-refractivity contribution >= 4 is 12.1 Å². The van der Waals surface area contributed by atoms with Gasteiger partial charge in [-0.3, -0.25) is 9.59 Å². The van der Waals surface area contributed by atoms with E-state index >= 15 is 0 Å². The van der Waals surface area contributed by atoms with Gasteiger partial charge in [0.1, 0.15) is 11.6 Å². The van der Waals surface area contributed by atoms with E-state index < -0.39 is 23.0 Å². The summed E-state index contributed by atoms with van der Waals surface area (Å²) in [4.78, 5) is 24.7. The minimum absolute atomic E-state index is 0.0381. The van der Waals surface area contributed by atoms with Crippen LogP contribution in [-0.4, -0.2) is 17.1 Å². The lowest BCUT2D eigenvalue weighted by Gasteiger charge is -2.01. The van der Waals surface area contributed by atoms with Gasteiger partial charge in [-0.1, -0.05) is 6.07 Å². The van der Waals surface area contributed by atoms with E-state index in [1.54, 1.807) is 0 Å². The maximum Gasteiger partial charge on any atom is 0.200 e. The Bertz CT molecular complexity index is 570. The molecule has 1 heterocycles. The number of H-pyrrole nitrogens is 1. The van der Waals surface area contributed by atoms with Crippen molar-refractivity contribution in [3.8, 4) is 0 Å². The largest absolute Gasteiger partial charge is 0.358 e. The Morgan fingerprint density at radius 1 is 1.24 bits per heavy atom. The zero-order chi connectivity index (χ0) is 12.4. The molecule has 1 aromatic heterocycles. The van der Waals surface area contributed by atoms with Crippen LogP contribution in [0.4, 0.5) is 8.78 Å². The summed E-state index contributed by atoms with van der Waals surface area (Å²) in [5.74, 6) is -2.65. The smallest absolute Gasteiger partial charge is 0.200 e. The van der Waals surface area contributed by atoms with Gasteiger partial charge in [0.2, 0.25) is 0 Å². The molecule has 0 atom stereocenters. The number of aromatic nitrogens is 1. The van der Waals surface area contributed by atoms with Gasteiger partial charge in [0, 0.05) is 11.8 Å². The minimum atomic E-state index is -0.927. The van der Waals surface area contributed by atoms with E-state index in [2.05, 4.69) is 4.98 Å². The van der Waals surface area contributed by atoms with E-state index in [0.29, 0.717) is 6.29 Å². The lowest BCUT2D eigenvalue weighted by molar-refractivity contribution is 0.103. The molecule has 0 saturated heterocycles. The molecule has 0 bridgehead atoms. The zero-order valence-electron chi connectivity index (χ0n) is 8.54. The van der Waals surface area contributed by atoms with Gasteiger partial charge in [-0.25, -0.2) is 8.78 Å². The molecular weight excluding hydrogens is 228 g/mol. The highest BCUT2D eigenvalue weighted by atomic mass is 19.1. The van der Waals surface area contributed by atoms with Crippen molar-refractivity contribution in [3.05, 3.63) is 58.9 Å². The van der Waals surface area contributed by atoms with E-state index in [4.69, 9.17) is 0 Å². The van der Waals surface area contributed by atoms with Crippen molar-refractivity contribution in [3.63, 3.8) is 0 Å². The molecule has 86 valence electrons. The maximum absolute atomic E-state index is 13.3. The molecule has 0 aliphatic rings. The molecule has 1 N–H and O–H groups in total. The Morgan fingerprint density at radius 2 is 1.88 bits per heavy atom. The first kappa shape index (κ1) is 11.2. The van der Waals surface area contributed by atoms with Crippen LogP contribution in [0.2, 0.25) is 0 Å². The van der Waals surface area contributed by atoms with Crippen LogP contribution in [0.25, 0.3) is 0 Å². The van der Waals surface area contributed by atoms with Crippen LogP contribution in [-0.2, 0) is 0 Å². The average Bonchev–Trinajstić information content (AvgIpc) is 2.77. The van der Waals surface area contributed by atoms with Crippen LogP contribution in [0.3, 0.4) is 0 Å². The minimum Gasteiger partial charge on any atom is -0.358 e. The first-order valence-electron chi connectivity index (χ1n) is 4.76. The van der Waals surface area contributed by atoms with E-state index in [-0.39, 0.29) is 11.3 Å². The summed E-state index contributed by atoms with van der Waals surface area (Å²) in [5, 5.41) is 0. The highest BCUT2D eigenvalue weighted by Gasteiger charge is 2.19. The highest BCUT2D eigenvalue weighted by Crippen LogP contribution is 2.17. The summed E-state index contributed by atoms with van der Waals surface area (Å²) in [5.41, 5.74) is -0.412. The molecule has 17 heavy (non-hydrogen) atoms. The summed E-state index contributed by atoms with van der Waals surface area (Å²) >= 11 is 0. The van der Waals surface area contributed by atoms with Crippen LogP contribution in [0.5, 0.6) is 0 Å². The average molecular weight is 235 g/mol. The molecule has 0 spiro atoms. The monoisotopic (exact) mass is 235 g/mol. The maximum atomic E-state index is 13.3. The van der Waals surface area contributed by atoms with Gasteiger partial charge in [0.15, 0.2) is 12.1 Å². The fraction of sp³-hybridized carbons (Fsp3) is 0. The summed E-state index contributed by atoms with van der Waals surface area (Å²) < 4.78 is 26.7. The summed E-state index contributed by atoms with van der Waals surface area (Å²) in [6, 6.07) is 4.42. The molecule has 0 amide bonds. The normalized spacial score (nSPS) is 10.2. The number of aldehydes is 1. The van der Waals surface area contributed by atoms with Gasteiger partial charge >= 0.3 is 0 Å². The van der Waals surface area contributed by atoms with Gasteiger partial charge in [0.05, 0.1) is 11.3 Å². The summed E-state index contributed by atoms with van der Waals surface area (Å²) in [6.45, 7) is 0. The van der Waals surface area contributed by atoms with Crippen molar-refractivity contribution in [1.82, 2.24) is 4.98 Å². The second-order valence-electron chi connectivity index (χ2n) is 3.39. The molecule has 0 saturated carbocycles. The number of nitrogens with one attached hydrogen (secondary N) is 1. The number of carbonyl (C=O) groups is 2. The summed E-state index contributed by atoms with van der Waals surface area (Å²) in [6.07, 6.45) is 1.74. The lowest BCUT2D eigenvalue weighted by Crippen LogP contribution is -2.06. The van der Waals surface area contributed by atoms with Crippen LogP contribution < -0.4 is 0 Å². The fourth-order valence-electron chi connectivity index (χ4n) is 1.47. The van der Waals surface area contributed by atoms with Gasteiger partial charge < -0.3 is 4.98 Å². The second-order valence-corrected chi connectivity index (χ2v) is 3.39. The third-order valence-corrected chi connectivity index (χ3v) is 2.28. The lowest BCUT2D eigenvalue weighted by atomic mass is 10.0. The number of carbonyl (C=O) groups excluding carboxylic acids is 2. The van der Waals surface area contributed by atoms with Gasteiger partial charge in [-0.05, 0) is 18.2 Å². The molecule has 0 unspecified atom stereocenters. The number of hydrogen-bond donors (Lipinski definition) is 1. The van der Waals surface area contributed by atoms with Crippen molar-refractivity contribution in [1.29, 1.82) is 0 Å². The molecule has 1 aromatic carbocycles. The molecule has 5 heteroatoms. The Labute approximate surface area is 95.1 Å². The standard InChI is InChI=1S/C12H7F2NO2/c13-9-2-1-3-10(14)11(9)12(17)7-4-8(6-16)15-5-7/h1-6,15H.